The molecule has 0 bridgehead atoms. The first-order valence-electron chi connectivity index (χ1n) is 8.27. The zero-order valence-corrected chi connectivity index (χ0v) is 15.5. The zero-order valence-electron chi connectivity index (χ0n) is 15.5. The fraction of sp³-hybridized carbons (Fsp3) is 0.444. The average Bonchev–Trinajstić information content (AvgIpc) is 2.69. The molecule has 0 radical (unpaired) electrons. The Labute approximate surface area is 157 Å². The number of hydrogen-bond acceptors (Lipinski definition) is 7. The van der Waals surface area contributed by atoms with E-state index < -0.39 is 42.4 Å². The molecule has 0 fully saturated rings. The van der Waals surface area contributed by atoms with Gasteiger partial charge in [0.05, 0.1) is 20.1 Å². The second kappa shape index (κ2) is 11.5. The van der Waals surface area contributed by atoms with E-state index >= 15 is 0 Å². The molecule has 1 rings (SSSR count). The summed E-state index contributed by atoms with van der Waals surface area (Å²) >= 11 is 0. The van der Waals surface area contributed by atoms with E-state index in [1.807, 2.05) is 18.2 Å². The molecule has 148 valence electrons. The number of alkyl carbamates (subject to hydrolysis) is 1. The standard InChI is InChI=1S/C18H24N2O7/c1-12(16(22)25-2)9-14(17(23)26-3)20-15(21)10-19-18(24)27-11-13-7-5-4-6-8-13/h4-8,12,14H,9-11H2,1-3H3,(H,19,24)(H,20,21)/t12-,14-/m0/s1. The molecule has 0 saturated carbocycles. The molecule has 1 aromatic rings. The van der Waals surface area contributed by atoms with Crippen molar-refractivity contribution in [1.29, 1.82) is 0 Å². The molecule has 0 aliphatic rings. The maximum absolute atomic E-state index is 12.0. The zero-order chi connectivity index (χ0) is 20.2. The fourth-order valence-electron chi connectivity index (χ4n) is 2.18. The summed E-state index contributed by atoms with van der Waals surface area (Å²) in [6, 6.07) is 8.01. The first kappa shape index (κ1) is 21.9. The molecular weight excluding hydrogens is 356 g/mol. The van der Waals surface area contributed by atoms with Crippen molar-refractivity contribution >= 4 is 23.9 Å². The highest BCUT2D eigenvalue weighted by Gasteiger charge is 2.27. The SMILES string of the molecule is COC(=O)[C@H](C[C@H](C)C(=O)OC)NC(=O)CNC(=O)OCc1ccccc1. The quantitative estimate of drug-likeness (QED) is 0.479. The Hall–Kier alpha value is -3.10. The van der Waals surface area contributed by atoms with E-state index in [2.05, 4.69) is 20.1 Å². The number of methoxy groups -OCH3 is 2. The highest BCUT2D eigenvalue weighted by atomic mass is 16.5. The van der Waals surface area contributed by atoms with Gasteiger partial charge < -0.3 is 24.8 Å². The van der Waals surface area contributed by atoms with Gasteiger partial charge in [0.2, 0.25) is 5.91 Å². The molecule has 0 spiro atoms. The minimum atomic E-state index is -1.04. The van der Waals surface area contributed by atoms with Crippen LogP contribution >= 0.6 is 0 Å². The minimum Gasteiger partial charge on any atom is -0.469 e. The third kappa shape index (κ3) is 8.21. The Morgan fingerprint density at radius 3 is 2.22 bits per heavy atom. The molecule has 9 heteroatoms. The van der Waals surface area contributed by atoms with Crippen molar-refractivity contribution in [3.63, 3.8) is 0 Å². The lowest BCUT2D eigenvalue weighted by Gasteiger charge is -2.19. The molecule has 2 atom stereocenters. The average molecular weight is 380 g/mol. The number of ether oxygens (including phenoxy) is 3. The third-order valence-electron chi connectivity index (χ3n) is 3.62. The monoisotopic (exact) mass is 380 g/mol. The van der Waals surface area contributed by atoms with Gasteiger partial charge in [0.15, 0.2) is 0 Å². The first-order chi connectivity index (χ1) is 12.9. The number of carbonyl (C=O) groups is 4. The van der Waals surface area contributed by atoms with Gasteiger partial charge in [0.25, 0.3) is 0 Å². The molecule has 0 saturated heterocycles. The molecule has 0 aromatic heterocycles. The largest absolute Gasteiger partial charge is 0.469 e. The van der Waals surface area contributed by atoms with Gasteiger partial charge in [-0.2, -0.15) is 0 Å². The van der Waals surface area contributed by atoms with Crippen molar-refractivity contribution in [3.8, 4) is 0 Å². The number of esters is 2. The van der Waals surface area contributed by atoms with Gasteiger partial charge in [0.1, 0.15) is 19.2 Å². The van der Waals surface area contributed by atoms with Crippen LogP contribution in [0.5, 0.6) is 0 Å². The Kier molecular flexibility index (Phi) is 9.35. The van der Waals surface area contributed by atoms with Gasteiger partial charge in [-0.1, -0.05) is 37.3 Å². The second-order valence-corrected chi connectivity index (χ2v) is 5.72. The summed E-state index contributed by atoms with van der Waals surface area (Å²) in [5.41, 5.74) is 0.805. The van der Waals surface area contributed by atoms with Crippen molar-refractivity contribution in [3.05, 3.63) is 35.9 Å². The smallest absolute Gasteiger partial charge is 0.407 e. The number of hydrogen-bond donors (Lipinski definition) is 2. The number of rotatable bonds is 9. The summed E-state index contributed by atoms with van der Waals surface area (Å²) in [5, 5.41) is 4.70. The highest BCUT2D eigenvalue weighted by Crippen LogP contribution is 2.09. The minimum absolute atomic E-state index is 0.00351. The lowest BCUT2D eigenvalue weighted by Crippen LogP contribution is -2.47. The summed E-state index contributed by atoms with van der Waals surface area (Å²) in [7, 11) is 2.40. The Balaban J connectivity index is 2.45. The Morgan fingerprint density at radius 1 is 1.00 bits per heavy atom. The van der Waals surface area contributed by atoms with Crippen molar-refractivity contribution in [2.75, 3.05) is 20.8 Å². The maximum Gasteiger partial charge on any atom is 0.407 e. The van der Waals surface area contributed by atoms with E-state index in [4.69, 9.17) is 4.74 Å². The fourth-order valence-corrected chi connectivity index (χ4v) is 2.18. The summed E-state index contributed by atoms with van der Waals surface area (Å²) < 4.78 is 14.2. The van der Waals surface area contributed by atoms with E-state index in [-0.39, 0.29) is 13.0 Å². The second-order valence-electron chi connectivity index (χ2n) is 5.72. The number of nitrogens with one attached hydrogen (secondary N) is 2. The maximum atomic E-state index is 12.0. The van der Waals surface area contributed by atoms with E-state index in [9.17, 15) is 19.2 Å². The van der Waals surface area contributed by atoms with Crippen LogP contribution in [0.2, 0.25) is 0 Å². The van der Waals surface area contributed by atoms with E-state index in [0.717, 1.165) is 5.56 Å². The van der Waals surface area contributed by atoms with Crippen LogP contribution in [0.1, 0.15) is 18.9 Å². The normalized spacial score (nSPS) is 12.3. The van der Waals surface area contributed by atoms with E-state index in [1.165, 1.54) is 14.2 Å². The molecule has 2 N–H and O–H groups in total. The van der Waals surface area contributed by atoms with Crippen LogP contribution in [-0.2, 0) is 35.2 Å². The highest BCUT2D eigenvalue weighted by molar-refractivity contribution is 5.87. The Bertz CT molecular complexity index is 648. The Morgan fingerprint density at radius 2 is 1.63 bits per heavy atom. The third-order valence-corrected chi connectivity index (χ3v) is 3.62. The molecule has 0 aliphatic carbocycles. The van der Waals surface area contributed by atoms with Gasteiger partial charge in [-0.3, -0.25) is 9.59 Å². The summed E-state index contributed by atoms with van der Waals surface area (Å²) in [4.78, 5) is 46.9. The molecule has 2 amide bonds. The predicted molar refractivity (Wildman–Crippen MR) is 94.4 cm³/mol. The van der Waals surface area contributed by atoms with Crippen molar-refractivity contribution in [1.82, 2.24) is 10.6 Å². The van der Waals surface area contributed by atoms with Gasteiger partial charge in [0, 0.05) is 0 Å². The molecule has 0 heterocycles. The van der Waals surface area contributed by atoms with E-state index in [1.54, 1.807) is 19.1 Å². The van der Waals surface area contributed by atoms with Crippen LogP contribution in [0, 0.1) is 5.92 Å². The molecule has 9 nitrogen and oxygen atoms in total. The molecular formula is C18H24N2O7. The van der Waals surface area contributed by atoms with Crippen LogP contribution < -0.4 is 10.6 Å². The number of amides is 2. The van der Waals surface area contributed by atoms with Gasteiger partial charge in [-0.15, -0.1) is 0 Å². The van der Waals surface area contributed by atoms with Crippen molar-refractivity contribution in [2.45, 2.75) is 26.0 Å². The topological polar surface area (TPSA) is 120 Å². The lowest BCUT2D eigenvalue weighted by molar-refractivity contribution is -0.148. The van der Waals surface area contributed by atoms with Gasteiger partial charge in [-0.25, -0.2) is 9.59 Å². The number of carbonyl (C=O) groups excluding carboxylic acids is 4. The predicted octanol–water partition coefficient (Wildman–Crippen LogP) is 0.770. The summed E-state index contributed by atoms with van der Waals surface area (Å²) in [5.74, 6) is -2.46. The molecule has 0 aliphatic heterocycles. The lowest BCUT2D eigenvalue weighted by atomic mass is 10.0. The van der Waals surface area contributed by atoms with Gasteiger partial charge >= 0.3 is 18.0 Å². The van der Waals surface area contributed by atoms with Crippen LogP contribution in [0.15, 0.2) is 30.3 Å². The summed E-state index contributed by atoms with van der Waals surface area (Å²) in [6.45, 7) is 1.23. The van der Waals surface area contributed by atoms with Crippen molar-refractivity contribution < 1.29 is 33.4 Å². The van der Waals surface area contributed by atoms with Crippen molar-refractivity contribution in [2.24, 2.45) is 5.92 Å². The number of benzene rings is 1. The van der Waals surface area contributed by atoms with Crippen LogP contribution in [0.3, 0.4) is 0 Å². The van der Waals surface area contributed by atoms with Crippen LogP contribution in [-0.4, -0.2) is 50.7 Å². The molecule has 0 unspecified atom stereocenters. The molecule has 27 heavy (non-hydrogen) atoms. The molecule has 1 aromatic carbocycles. The van der Waals surface area contributed by atoms with Crippen LogP contribution in [0.4, 0.5) is 4.79 Å². The first-order valence-corrected chi connectivity index (χ1v) is 8.27. The van der Waals surface area contributed by atoms with Gasteiger partial charge in [-0.05, 0) is 12.0 Å². The summed E-state index contributed by atoms with van der Waals surface area (Å²) in [6.07, 6.45) is -0.768. The van der Waals surface area contributed by atoms with E-state index in [0.29, 0.717) is 0 Å². The van der Waals surface area contributed by atoms with Crippen LogP contribution in [0.25, 0.3) is 0 Å².